The summed E-state index contributed by atoms with van der Waals surface area (Å²) in [6.07, 6.45) is 2.41. The van der Waals surface area contributed by atoms with E-state index in [1.165, 1.54) is 11.3 Å². The highest BCUT2D eigenvalue weighted by Gasteiger charge is 2.39. The number of carboxylic acid groups (broad SMARTS) is 1. The van der Waals surface area contributed by atoms with Gasteiger partial charge < -0.3 is 14.6 Å². The fourth-order valence-corrected chi connectivity index (χ4v) is 5.23. The summed E-state index contributed by atoms with van der Waals surface area (Å²) in [5.74, 6) is -1.37. The van der Waals surface area contributed by atoms with Crippen molar-refractivity contribution in [2.45, 2.75) is 26.2 Å². The van der Waals surface area contributed by atoms with Crippen LogP contribution >= 0.6 is 39.0 Å². The van der Waals surface area contributed by atoms with Crippen LogP contribution in [0.25, 0.3) is 6.08 Å². The summed E-state index contributed by atoms with van der Waals surface area (Å²) < 4.78 is 11.4. The third kappa shape index (κ3) is 4.90. The van der Waals surface area contributed by atoms with Gasteiger partial charge in [0.25, 0.3) is 0 Å². The van der Waals surface area contributed by atoms with Gasteiger partial charge in [0.1, 0.15) is 15.9 Å². The molecule has 1 fully saturated rings. The number of hydrogen-bond donors (Lipinski definition) is 2. The van der Waals surface area contributed by atoms with Gasteiger partial charge in [-0.1, -0.05) is 18.7 Å². The van der Waals surface area contributed by atoms with Gasteiger partial charge in [-0.05, 0) is 53.0 Å². The van der Waals surface area contributed by atoms with E-state index in [4.69, 9.17) is 20.0 Å². The first kappa shape index (κ1) is 22.4. The molecule has 0 unspecified atom stereocenters. The van der Waals surface area contributed by atoms with E-state index in [9.17, 15) is 9.59 Å². The number of benzene rings is 1. The van der Waals surface area contributed by atoms with Gasteiger partial charge in [-0.2, -0.15) is 0 Å². The quantitative estimate of drug-likeness (QED) is 0.506. The van der Waals surface area contributed by atoms with E-state index in [0.717, 1.165) is 23.2 Å². The minimum absolute atomic E-state index is 0.191. The number of halogens is 1. The lowest BCUT2D eigenvalue weighted by molar-refractivity contribution is -0.139. The molecule has 0 bridgehead atoms. The smallest absolute Gasteiger partial charge is 0.341 e. The zero-order valence-corrected chi connectivity index (χ0v) is 19.3. The number of carboxylic acids is 1. The van der Waals surface area contributed by atoms with Crippen molar-refractivity contribution in [2.75, 3.05) is 13.2 Å². The highest BCUT2D eigenvalue weighted by Crippen LogP contribution is 2.43. The third-order valence-electron chi connectivity index (χ3n) is 3.99. The average Bonchev–Trinajstić information content (AvgIpc) is 3.25. The molecule has 1 aromatic heterocycles. The average molecular weight is 512 g/mol. The first-order valence-electron chi connectivity index (χ1n) is 8.99. The normalized spacial score (nSPS) is 17.6. The summed E-state index contributed by atoms with van der Waals surface area (Å²) in [7, 11) is 0. The number of thioether (sulfide) groups is 1. The molecule has 8 nitrogen and oxygen atoms in total. The maximum atomic E-state index is 12.9. The number of allylic oxidation sites excluding steroid dienone is 1. The highest BCUT2D eigenvalue weighted by atomic mass is 79.9. The Bertz CT molecular complexity index is 1040. The van der Waals surface area contributed by atoms with Crippen LogP contribution in [0.4, 0.5) is 0 Å². The molecule has 2 heterocycles. The Kier molecular flexibility index (Phi) is 7.27. The van der Waals surface area contributed by atoms with Crippen LogP contribution in [0.1, 0.15) is 35.3 Å². The van der Waals surface area contributed by atoms with E-state index in [0.29, 0.717) is 32.3 Å². The maximum Gasteiger partial charge on any atom is 0.341 e. The fourth-order valence-electron chi connectivity index (χ4n) is 2.70. The summed E-state index contributed by atoms with van der Waals surface area (Å²) in [6.45, 7) is 3.61. The molecule has 1 aliphatic heterocycles. The van der Waals surface area contributed by atoms with E-state index in [-0.39, 0.29) is 16.6 Å². The molecule has 11 heteroatoms. The van der Waals surface area contributed by atoms with Crippen LogP contribution in [-0.2, 0) is 16.0 Å². The minimum atomic E-state index is -1.10. The Morgan fingerprint density at radius 1 is 1.33 bits per heavy atom. The molecule has 2 aromatic rings. The molecule has 3 rings (SSSR count). The SMILES string of the molecule is CCOc1cc(/C=C2\SC(=N)[C@@H](c3nnc(CC)s3)C2=O)cc(Br)c1OCC(=O)O. The Balaban J connectivity index is 1.91. The number of carbonyl (C=O) groups excluding carboxylic acids is 1. The van der Waals surface area contributed by atoms with Crippen LogP contribution in [0.15, 0.2) is 21.5 Å². The number of nitrogens with one attached hydrogen (secondary N) is 1. The van der Waals surface area contributed by atoms with Crippen LogP contribution in [-0.4, -0.2) is 45.3 Å². The van der Waals surface area contributed by atoms with Crippen LogP contribution < -0.4 is 9.47 Å². The molecule has 0 spiro atoms. The lowest BCUT2D eigenvalue weighted by Gasteiger charge is -2.13. The van der Waals surface area contributed by atoms with Gasteiger partial charge in [0, 0.05) is 0 Å². The number of ether oxygens (including phenoxy) is 2. The van der Waals surface area contributed by atoms with Crippen LogP contribution in [0, 0.1) is 5.41 Å². The summed E-state index contributed by atoms with van der Waals surface area (Å²) in [6, 6.07) is 3.38. The van der Waals surface area contributed by atoms with E-state index < -0.39 is 18.5 Å². The van der Waals surface area contributed by atoms with Crippen LogP contribution in [0.2, 0.25) is 0 Å². The van der Waals surface area contributed by atoms with Crippen molar-refractivity contribution in [3.63, 3.8) is 0 Å². The second-order valence-corrected chi connectivity index (χ2v) is 9.14. The molecule has 0 amide bonds. The maximum absolute atomic E-state index is 12.9. The van der Waals surface area contributed by atoms with Crippen molar-refractivity contribution in [1.82, 2.24) is 10.2 Å². The molecule has 0 saturated carbocycles. The summed E-state index contributed by atoms with van der Waals surface area (Å²) in [5, 5.41) is 26.8. The highest BCUT2D eigenvalue weighted by molar-refractivity contribution is 9.10. The third-order valence-corrected chi connectivity index (χ3v) is 6.70. The Labute approximate surface area is 189 Å². The predicted molar refractivity (Wildman–Crippen MR) is 119 cm³/mol. The molecule has 1 atom stereocenters. The molecule has 1 saturated heterocycles. The molecule has 30 heavy (non-hydrogen) atoms. The Morgan fingerprint density at radius 3 is 2.73 bits per heavy atom. The zero-order valence-electron chi connectivity index (χ0n) is 16.1. The van der Waals surface area contributed by atoms with Crippen molar-refractivity contribution < 1.29 is 24.2 Å². The number of Topliss-reactive ketones (excluding diaryl/α,β-unsaturated/α-hetero) is 1. The summed E-state index contributed by atoms with van der Waals surface area (Å²) in [5.41, 5.74) is 0.656. The molecule has 1 aliphatic rings. The van der Waals surface area contributed by atoms with Crippen LogP contribution in [0.5, 0.6) is 11.5 Å². The Morgan fingerprint density at radius 2 is 2.10 bits per heavy atom. The van der Waals surface area contributed by atoms with Crippen molar-refractivity contribution in [1.29, 1.82) is 5.41 Å². The number of rotatable bonds is 8. The van der Waals surface area contributed by atoms with E-state index in [2.05, 4.69) is 26.1 Å². The van der Waals surface area contributed by atoms with Crippen molar-refractivity contribution in [3.05, 3.63) is 37.1 Å². The number of aliphatic carboxylic acids is 1. The van der Waals surface area contributed by atoms with E-state index in [1.54, 1.807) is 25.1 Å². The number of hydrogen-bond acceptors (Lipinski definition) is 9. The second kappa shape index (κ2) is 9.71. The second-order valence-electron chi connectivity index (χ2n) is 6.11. The largest absolute Gasteiger partial charge is 0.490 e. The van der Waals surface area contributed by atoms with Gasteiger partial charge in [0.15, 0.2) is 23.9 Å². The first-order valence-corrected chi connectivity index (χ1v) is 11.4. The molecule has 2 N–H and O–H groups in total. The van der Waals surface area contributed by atoms with Gasteiger partial charge in [0.05, 0.1) is 21.0 Å². The van der Waals surface area contributed by atoms with E-state index in [1.807, 2.05) is 6.92 Å². The van der Waals surface area contributed by atoms with Crippen molar-refractivity contribution in [2.24, 2.45) is 0 Å². The molecule has 1 aromatic carbocycles. The molecular weight excluding hydrogens is 494 g/mol. The van der Waals surface area contributed by atoms with E-state index >= 15 is 0 Å². The van der Waals surface area contributed by atoms with Crippen molar-refractivity contribution in [3.8, 4) is 11.5 Å². The summed E-state index contributed by atoms with van der Waals surface area (Å²) in [4.78, 5) is 24.2. The lowest BCUT2D eigenvalue weighted by atomic mass is 10.0. The minimum Gasteiger partial charge on any atom is -0.490 e. The van der Waals surface area contributed by atoms with Gasteiger partial charge in [0.2, 0.25) is 0 Å². The number of aromatic nitrogens is 2. The summed E-state index contributed by atoms with van der Waals surface area (Å²) >= 11 is 5.83. The first-order chi connectivity index (χ1) is 14.3. The molecule has 158 valence electrons. The topological polar surface area (TPSA) is 122 Å². The molecular formula is C19H18BrN3O5S2. The standard InChI is InChI=1S/C19H18BrN3O5S2/c1-3-13-22-23-19(30-13)15-16(26)12(29-18(15)21)7-9-5-10(20)17(28-8-14(24)25)11(6-9)27-4-2/h5-7,15,21H,3-4,8H2,1-2H3,(H,24,25)/b12-7-,21-18?/t15-/m0/s1. The van der Waals surface area contributed by atoms with Gasteiger partial charge in [-0.3, -0.25) is 10.2 Å². The number of ketones is 1. The number of nitrogens with zero attached hydrogens (tertiary/aromatic N) is 2. The molecule has 0 radical (unpaired) electrons. The Hall–Kier alpha value is -2.24. The molecule has 0 aliphatic carbocycles. The van der Waals surface area contributed by atoms with Gasteiger partial charge >= 0.3 is 5.97 Å². The number of carbonyl (C=O) groups is 2. The predicted octanol–water partition coefficient (Wildman–Crippen LogP) is 4.14. The van der Waals surface area contributed by atoms with Gasteiger partial charge in [-0.15, -0.1) is 21.5 Å². The lowest BCUT2D eigenvalue weighted by Crippen LogP contribution is -2.11. The number of aryl methyl sites for hydroxylation is 1. The van der Waals surface area contributed by atoms with Gasteiger partial charge in [-0.25, -0.2) is 4.79 Å². The van der Waals surface area contributed by atoms with Crippen LogP contribution in [0.3, 0.4) is 0 Å². The fraction of sp³-hybridized carbons (Fsp3) is 0.316. The zero-order chi connectivity index (χ0) is 21.8. The van der Waals surface area contributed by atoms with Crippen molar-refractivity contribution >= 4 is 61.9 Å². The monoisotopic (exact) mass is 511 g/mol.